The van der Waals surface area contributed by atoms with Gasteiger partial charge in [0, 0.05) is 7.11 Å². The molecule has 1 aliphatic heterocycles. The van der Waals surface area contributed by atoms with Crippen LogP contribution in [0.3, 0.4) is 0 Å². The minimum absolute atomic E-state index is 0. The number of carbonyl (C=O) groups is 1. The van der Waals surface area contributed by atoms with E-state index in [1.807, 2.05) is 6.92 Å². The zero-order valence-corrected chi connectivity index (χ0v) is 14.5. The molecule has 22 heavy (non-hydrogen) atoms. The highest BCUT2D eigenvalue weighted by Crippen LogP contribution is 2.27. The molecule has 0 bridgehead atoms. The molecule has 5 nitrogen and oxygen atoms in total. The van der Waals surface area contributed by atoms with Gasteiger partial charge in [-0.15, -0.1) is 12.4 Å². The maximum Gasteiger partial charge on any atom is 0.323 e. The van der Waals surface area contributed by atoms with Crippen LogP contribution in [0.5, 0.6) is 0 Å². The van der Waals surface area contributed by atoms with Gasteiger partial charge in [0.15, 0.2) is 0 Å². The molecule has 2 N–H and O–H groups in total. The molecule has 0 aromatic carbocycles. The summed E-state index contributed by atoms with van der Waals surface area (Å²) in [6.07, 6.45) is 7.84. The van der Waals surface area contributed by atoms with Crippen molar-refractivity contribution in [2.45, 2.75) is 88.7 Å². The lowest BCUT2D eigenvalue weighted by molar-refractivity contribution is -0.175. The number of ether oxygens (including phenoxy) is 3. The molecule has 2 aliphatic rings. The molecule has 0 aromatic rings. The Morgan fingerprint density at radius 3 is 2.32 bits per heavy atom. The smallest absolute Gasteiger partial charge is 0.323 e. The Hall–Kier alpha value is -0.360. The second-order valence-corrected chi connectivity index (χ2v) is 6.31. The van der Waals surface area contributed by atoms with Gasteiger partial charge in [-0.1, -0.05) is 25.7 Å². The Morgan fingerprint density at radius 2 is 1.68 bits per heavy atom. The Labute approximate surface area is 139 Å². The zero-order chi connectivity index (χ0) is 15.2. The van der Waals surface area contributed by atoms with E-state index in [0.29, 0.717) is 6.42 Å². The molecule has 0 aromatic heterocycles. The van der Waals surface area contributed by atoms with Crippen LogP contribution >= 0.6 is 12.4 Å². The number of halogens is 1. The summed E-state index contributed by atoms with van der Waals surface area (Å²) in [7, 11) is 1.71. The number of hydrogen-bond acceptors (Lipinski definition) is 5. The zero-order valence-electron chi connectivity index (χ0n) is 13.7. The molecule has 2 fully saturated rings. The lowest BCUT2D eigenvalue weighted by Crippen LogP contribution is -2.46. The number of methoxy groups -OCH3 is 1. The van der Waals surface area contributed by atoms with E-state index < -0.39 is 6.04 Å². The van der Waals surface area contributed by atoms with E-state index in [4.69, 9.17) is 19.9 Å². The molecule has 4 atom stereocenters. The van der Waals surface area contributed by atoms with Gasteiger partial charge in [0.1, 0.15) is 18.2 Å². The fraction of sp³-hybridized carbons (Fsp3) is 0.938. The second-order valence-electron chi connectivity index (χ2n) is 6.31. The Kier molecular flexibility index (Phi) is 8.69. The predicted octanol–water partition coefficient (Wildman–Crippen LogP) is 2.58. The van der Waals surface area contributed by atoms with Crippen molar-refractivity contribution in [3.63, 3.8) is 0 Å². The van der Waals surface area contributed by atoms with Gasteiger partial charge in [0.25, 0.3) is 0 Å². The molecule has 0 spiro atoms. The standard InChI is InChI=1S/C16H29NO4.ClH/c1-11-15(21-12-7-3-4-8-12)14(19-2)10-6-5-9-13(17)16(18)20-11;/h11-15H,3-10,17H2,1-2H3;1H/t11-,13-,14-,15-;/m0./s1. The Morgan fingerprint density at radius 1 is 1.09 bits per heavy atom. The van der Waals surface area contributed by atoms with Gasteiger partial charge < -0.3 is 19.9 Å². The summed E-state index contributed by atoms with van der Waals surface area (Å²) in [6.45, 7) is 1.89. The number of hydrogen-bond donors (Lipinski definition) is 1. The van der Waals surface area contributed by atoms with Crippen molar-refractivity contribution in [2.24, 2.45) is 5.73 Å². The van der Waals surface area contributed by atoms with Gasteiger partial charge in [-0.3, -0.25) is 4.79 Å². The van der Waals surface area contributed by atoms with Gasteiger partial charge in [-0.05, 0) is 32.6 Å². The second kappa shape index (κ2) is 9.71. The predicted molar refractivity (Wildman–Crippen MR) is 87.2 cm³/mol. The van der Waals surface area contributed by atoms with E-state index in [1.54, 1.807) is 7.11 Å². The molecule has 0 unspecified atom stereocenters. The molecule has 6 heteroatoms. The molecule has 1 saturated heterocycles. The summed E-state index contributed by atoms with van der Waals surface area (Å²) >= 11 is 0. The molecular weight excluding hydrogens is 306 g/mol. The molecule has 1 saturated carbocycles. The molecular formula is C16H30ClNO4. The minimum atomic E-state index is -0.515. The fourth-order valence-corrected chi connectivity index (χ4v) is 3.33. The summed E-state index contributed by atoms with van der Waals surface area (Å²) in [5.74, 6) is -0.320. The molecule has 1 aliphatic carbocycles. The largest absolute Gasteiger partial charge is 0.459 e. The summed E-state index contributed by atoms with van der Waals surface area (Å²) in [5.41, 5.74) is 5.86. The van der Waals surface area contributed by atoms with E-state index in [2.05, 4.69) is 0 Å². The highest BCUT2D eigenvalue weighted by molar-refractivity contribution is 5.85. The number of rotatable bonds is 3. The summed E-state index contributed by atoms with van der Waals surface area (Å²) < 4.78 is 17.4. The van der Waals surface area contributed by atoms with Crippen molar-refractivity contribution in [1.82, 2.24) is 0 Å². The van der Waals surface area contributed by atoms with E-state index in [0.717, 1.165) is 32.1 Å². The van der Waals surface area contributed by atoms with Crippen molar-refractivity contribution in [3.05, 3.63) is 0 Å². The van der Waals surface area contributed by atoms with Gasteiger partial charge in [0.2, 0.25) is 0 Å². The van der Waals surface area contributed by atoms with Crippen LogP contribution in [-0.4, -0.2) is 43.5 Å². The Balaban J connectivity index is 0.00000242. The van der Waals surface area contributed by atoms with Crippen molar-refractivity contribution < 1.29 is 19.0 Å². The lowest BCUT2D eigenvalue weighted by Gasteiger charge is -2.34. The number of nitrogens with two attached hydrogens (primary N) is 1. The van der Waals surface area contributed by atoms with Gasteiger partial charge in [0.05, 0.1) is 12.2 Å². The van der Waals surface area contributed by atoms with Crippen LogP contribution in [0.1, 0.15) is 58.3 Å². The average Bonchev–Trinajstić information content (AvgIpc) is 2.97. The van der Waals surface area contributed by atoms with E-state index in [-0.39, 0.29) is 42.8 Å². The first-order chi connectivity index (χ1) is 10.1. The van der Waals surface area contributed by atoms with Crippen LogP contribution in [0.4, 0.5) is 0 Å². The SMILES string of the molecule is CO[C@H]1CCCC[C@H](N)C(=O)O[C@@H](C)[C@@H]1OC1CCCC1.Cl. The first kappa shape index (κ1) is 19.7. The summed E-state index contributed by atoms with van der Waals surface area (Å²) in [6, 6.07) is -0.515. The number of cyclic esters (lactones) is 1. The first-order valence-corrected chi connectivity index (χ1v) is 8.26. The summed E-state index contributed by atoms with van der Waals surface area (Å²) in [4.78, 5) is 12.0. The first-order valence-electron chi connectivity index (χ1n) is 8.26. The fourth-order valence-electron chi connectivity index (χ4n) is 3.33. The van der Waals surface area contributed by atoms with Crippen LogP contribution in [-0.2, 0) is 19.0 Å². The van der Waals surface area contributed by atoms with E-state index in [9.17, 15) is 4.79 Å². The topological polar surface area (TPSA) is 70.8 Å². The van der Waals surface area contributed by atoms with Gasteiger partial charge >= 0.3 is 5.97 Å². The van der Waals surface area contributed by atoms with Crippen molar-refractivity contribution in [1.29, 1.82) is 0 Å². The molecule has 0 amide bonds. The third-order valence-corrected chi connectivity index (χ3v) is 4.64. The van der Waals surface area contributed by atoms with Gasteiger partial charge in [-0.25, -0.2) is 0 Å². The molecule has 130 valence electrons. The monoisotopic (exact) mass is 335 g/mol. The highest BCUT2D eigenvalue weighted by Gasteiger charge is 2.35. The summed E-state index contributed by atoms with van der Waals surface area (Å²) in [5, 5.41) is 0. The third-order valence-electron chi connectivity index (χ3n) is 4.64. The van der Waals surface area contributed by atoms with E-state index >= 15 is 0 Å². The molecule has 0 radical (unpaired) electrons. The van der Waals surface area contributed by atoms with E-state index in [1.165, 1.54) is 12.8 Å². The lowest BCUT2D eigenvalue weighted by atomic mass is 9.99. The average molecular weight is 336 g/mol. The quantitative estimate of drug-likeness (QED) is 0.803. The third kappa shape index (κ3) is 5.37. The van der Waals surface area contributed by atoms with Crippen LogP contribution in [0.25, 0.3) is 0 Å². The maximum atomic E-state index is 12.0. The van der Waals surface area contributed by atoms with Gasteiger partial charge in [-0.2, -0.15) is 0 Å². The highest BCUT2D eigenvalue weighted by atomic mass is 35.5. The van der Waals surface area contributed by atoms with Crippen LogP contribution in [0.2, 0.25) is 0 Å². The van der Waals surface area contributed by atoms with Crippen LogP contribution in [0.15, 0.2) is 0 Å². The van der Waals surface area contributed by atoms with Crippen molar-refractivity contribution in [3.8, 4) is 0 Å². The molecule has 1 heterocycles. The normalized spacial score (nSPS) is 34.8. The Bertz CT molecular complexity index is 336. The minimum Gasteiger partial charge on any atom is -0.459 e. The number of carbonyl (C=O) groups excluding carboxylic acids is 1. The van der Waals surface area contributed by atoms with Crippen LogP contribution < -0.4 is 5.73 Å². The van der Waals surface area contributed by atoms with Crippen molar-refractivity contribution in [2.75, 3.05) is 7.11 Å². The van der Waals surface area contributed by atoms with Crippen molar-refractivity contribution >= 4 is 18.4 Å². The van der Waals surface area contributed by atoms with Crippen LogP contribution in [0, 0.1) is 0 Å². The number of esters is 1. The molecule has 2 rings (SSSR count). The maximum absolute atomic E-state index is 12.0.